The first-order valence-corrected chi connectivity index (χ1v) is 10.1. The lowest BCUT2D eigenvalue weighted by atomic mass is 9.87. The molecule has 0 bridgehead atoms. The summed E-state index contributed by atoms with van der Waals surface area (Å²) in [4.78, 5) is 27.8. The molecule has 0 radical (unpaired) electrons. The number of carbonyl (C=O) groups excluding carboxylic acids is 1. The molecule has 0 aromatic carbocycles. The molecule has 5 N–H and O–H groups in total. The van der Waals surface area contributed by atoms with E-state index >= 15 is 0 Å². The van der Waals surface area contributed by atoms with E-state index in [-0.39, 0.29) is 24.0 Å². The summed E-state index contributed by atoms with van der Waals surface area (Å²) in [5, 5.41) is 15.7. The van der Waals surface area contributed by atoms with Crippen molar-refractivity contribution in [2.45, 2.75) is 64.3 Å². The molecular weight excluding hydrogens is 428 g/mol. The number of rotatable bonds is 8. The van der Waals surface area contributed by atoms with Crippen LogP contribution < -0.4 is 16.4 Å². The first kappa shape index (κ1) is 22.2. The first-order valence-electron chi connectivity index (χ1n) is 9.29. The maximum Gasteiger partial charge on any atom is 0.331 e. The number of nitrogens with zero attached hydrogens (tertiary/aromatic N) is 1. The Hall–Kier alpha value is -2.13. The molecule has 1 heterocycles. The molecule has 0 saturated heterocycles. The van der Waals surface area contributed by atoms with Crippen LogP contribution in [-0.4, -0.2) is 46.3 Å². The highest BCUT2D eigenvalue weighted by Gasteiger charge is 2.37. The quantitative estimate of drug-likeness (QED) is 0.475. The Kier molecular flexibility index (Phi) is 7.82. The van der Waals surface area contributed by atoms with Crippen molar-refractivity contribution in [3.05, 3.63) is 28.4 Å². The number of nitrogens with one attached hydrogen (secondary N) is 2. The Morgan fingerprint density at radius 2 is 2.11 bits per heavy atom. The number of anilines is 2. The summed E-state index contributed by atoms with van der Waals surface area (Å²) in [7, 11) is 0. The van der Waals surface area contributed by atoms with E-state index in [2.05, 4.69) is 31.5 Å². The number of hydrogen-bond donors (Lipinski definition) is 4. The SMILES string of the molecule is CCC(CC)O[C@@H]1C=C(C(=O)O)C[C@H](Nc2ncc(Br)cc2N)[C@H]1NC(C)=O. The number of nitrogen functional groups attached to an aromatic ring is 1. The fourth-order valence-corrected chi connectivity index (χ4v) is 3.61. The normalized spacial score (nSPS) is 21.9. The van der Waals surface area contributed by atoms with E-state index in [1.54, 1.807) is 18.3 Å². The van der Waals surface area contributed by atoms with Gasteiger partial charge >= 0.3 is 5.97 Å². The smallest absolute Gasteiger partial charge is 0.331 e. The van der Waals surface area contributed by atoms with Crippen molar-refractivity contribution >= 4 is 39.3 Å². The van der Waals surface area contributed by atoms with Gasteiger partial charge in [-0.1, -0.05) is 13.8 Å². The molecule has 3 atom stereocenters. The molecule has 1 aliphatic rings. The summed E-state index contributed by atoms with van der Waals surface area (Å²) in [6.07, 6.45) is 4.34. The average Bonchev–Trinajstić information content (AvgIpc) is 2.63. The fraction of sp³-hybridized carbons (Fsp3) is 0.526. The third-order valence-corrected chi connectivity index (χ3v) is 5.14. The van der Waals surface area contributed by atoms with Gasteiger partial charge in [-0.15, -0.1) is 0 Å². The van der Waals surface area contributed by atoms with Gasteiger partial charge in [0.1, 0.15) is 5.82 Å². The van der Waals surface area contributed by atoms with Crippen LogP contribution in [0.3, 0.4) is 0 Å². The van der Waals surface area contributed by atoms with Gasteiger partial charge in [0.15, 0.2) is 0 Å². The predicted molar refractivity (Wildman–Crippen MR) is 111 cm³/mol. The fourth-order valence-electron chi connectivity index (χ4n) is 3.26. The second-order valence-electron chi connectivity index (χ2n) is 6.81. The number of hydrogen-bond acceptors (Lipinski definition) is 6. The molecule has 1 amide bonds. The summed E-state index contributed by atoms with van der Waals surface area (Å²) >= 11 is 3.31. The minimum Gasteiger partial charge on any atom is -0.478 e. The lowest BCUT2D eigenvalue weighted by Crippen LogP contribution is -2.56. The standard InChI is InChI=1S/C19H27BrN4O4/c1-4-13(5-2)28-16-7-11(19(26)27)6-15(17(16)23-10(3)25)24-18-14(21)8-12(20)9-22-18/h7-9,13,15-17H,4-6,21H2,1-3H3,(H,22,24)(H,23,25)(H,26,27)/t15-,16+,17+/m0/s1. The highest BCUT2D eigenvalue weighted by molar-refractivity contribution is 9.10. The molecule has 0 unspecified atom stereocenters. The molecule has 2 rings (SSSR count). The number of aromatic nitrogens is 1. The van der Waals surface area contributed by atoms with Crippen molar-refractivity contribution in [1.29, 1.82) is 0 Å². The molecule has 154 valence electrons. The van der Waals surface area contributed by atoms with E-state index in [1.807, 2.05) is 13.8 Å². The molecule has 1 aliphatic carbocycles. The topological polar surface area (TPSA) is 127 Å². The van der Waals surface area contributed by atoms with Crippen LogP contribution in [0.4, 0.5) is 11.5 Å². The maximum atomic E-state index is 11.8. The molecule has 0 spiro atoms. The minimum atomic E-state index is -1.01. The van der Waals surface area contributed by atoms with Crippen molar-refractivity contribution in [1.82, 2.24) is 10.3 Å². The number of pyridine rings is 1. The molecular formula is C19H27BrN4O4. The van der Waals surface area contributed by atoms with Gasteiger partial charge in [-0.3, -0.25) is 4.79 Å². The van der Waals surface area contributed by atoms with Gasteiger partial charge in [-0.2, -0.15) is 0 Å². The summed E-state index contributed by atoms with van der Waals surface area (Å²) in [5.41, 5.74) is 6.68. The highest BCUT2D eigenvalue weighted by Crippen LogP contribution is 2.28. The molecule has 1 aromatic heterocycles. The van der Waals surface area contributed by atoms with Crippen LogP contribution in [0.25, 0.3) is 0 Å². The van der Waals surface area contributed by atoms with E-state index in [0.717, 1.165) is 17.3 Å². The first-order chi connectivity index (χ1) is 13.2. The average molecular weight is 455 g/mol. The van der Waals surface area contributed by atoms with Crippen molar-refractivity contribution < 1.29 is 19.4 Å². The largest absolute Gasteiger partial charge is 0.478 e. The second kappa shape index (κ2) is 9.88. The molecule has 0 saturated carbocycles. The van der Waals surface area contributed by atoms with E-state index in [0.29, 0.717) is 11.5 Å². The number of carboxylic acid groups (broad SMARTS) is 1. The Balaban J connectivity index is 2.37. The number of amides is 1. The van der Waals surface area contributed by atoms with Gasteiger partial charge in [0.25, 0.3) is 0 Å². The van der Waals surface area contributed by atoms with Crippen LogP contribution in [0, 0.1) is 0 Å². The Bertz CT molecular complexity index is 751. The molecule has 0 fully saturated rings. The van der Waals surface area contributed by atoms with Gasteiger partial charge in [0, 0.05) is 29.6 Å². The zero-order chi connectivity index (χ0) is 20.8. The second-order valence-corrected chi connectivity index (χ2v) is 7.72. The summed E-state index contributed by atoms with van der Waals surface area (Å²) in [6.45, 7) is 5.44. The Morgan fingerprint density at radius 1 is 1.43 bits per heavy atom. The van der Waals surface area contributed by atoms with Crippen molar-refractivity contribution in [3.63, 3.8) is 0 Å². The monoisotopic (exact) mass is 454 g/mol. The highest BCUT2D eigenvalue weighted by atomic mass is 79.9. The lowest BCUT2D eigenvalue weighted by Gasteiger charge is -2.38. The van der Waals surface area contributed by atoms with Gasteiger partial charge in [-0.05, 0) is 40.9 Å². The number of carbonyl (C=O) groups is 2. The Morgan fingerprint density at radius 3 is 2.64 bits per heavy atom. The van der Waals surface area contributed by atoms with Crippen molar-refractivity contribution in [2.75, 3.05) is 11.1 Å². The predicted octanol–water partition coefficient (Wildman–Crippen LogP) is 2.70. The molecule has 0 aliphatic heterocycles. The zero-order valence-electron chi connectivity index (χ0n) is 16.2. The van der Waals surface area contributed by atoms with Crippen LogP contribution in [0.2, 0.25) is 0 Å². The van der Waals surface area contributed by atoms with Gasteiger partial charge < -0.3 is 26.2 Å². The number of aliphatic carboxylic acids is 1. The molecule has 28 heavy (non-hydrogen) atoms. The third-order valence-electron chi connectivity index (χ3n) is 4.70. The molecule has 8 nitrogen and oxygen atoms in total. The number of carboxylic acids is 1. The van der Waals surface area contributed by atoms with Gasteiger partial charge in [0.2, 0.25) is 5.91 Å². The lowest BCUT2D eigenvalue weighted by molar-refractivity contribution is -0.133. The molecule has 1 aromatic rings. The number of halogens is 1. The van der Waals surface area contributed by atoms with E-state index in [4.69, 9.17) is 10.5 Å². The third kappa shape index (κ3) is 5.68. The maximum absolute atomic E-state index is 11.8. The molecule has 9 heteroatoms. The Labute approximate surface area is 173 Å². The van der Waals surface area contributed by atoms with E-state index in [1.165, 1.54) is 6.92 Å². The van der Waals surface area contributed by atoms with E-state index in [9.17, 15) is 14.7 Å². The minimum absolute atomic E-state index is 0.0396. The summed E-state index contributed by atoms with van der Waals surface area (Å²) in [6, 6.07) is 0.791. The van der Waals surface area contributed by atoms with Gasteiger partial charge in [0.05, 0.1) is 30.0 Å². The van der Waals surface area contributed by atoms with E-state index < -0.39 is 24.2 Å². The van der Waals surface area contributed by atoms with Crippen LogP contribution >= 0.6 is 15.9 Å². The number of ether oxygens (including phenoxy) is 1. The summed E-state index contributed by atoms with van der Waals surface area (Å²) in [5.74, 6) is -0.807. The van der Waals surface area contributed by atoms with Crippen molar-refractivity contribution in [3.8, 4) is 0 Å². The van der Waals surface area contributed by atoms with Crippen LogP contribution in [0.5, 0.6) is 0 Å². The van der Waals surface area contributed by atoms with Crippen LogP contribution in [0.15, 0.2) is 28.4 Å². The van der Waals surface area contributed by atoms with Crippen LogP contribution in [0.1, 0.15) is 40.0 Å². The van der Waals surface area contributed by atoms with Crippen molar-refractivity contribution in [2.24, 2.45) is 0 Å². The van der Waals surface area contributed by atoms with Crippen LogP contribution in [-0.2, 0) is 14.3 Å². The zero-order valence-corrected chi connectivity index (χ0v) is 17.8. The number of nitrogens with two attached hydrogens (primary N) is 1. The van der Waals surface area contributed by atoms with Gasteiger partial charge in [-0.25, -0.2) is 9.78 Å². The summed E-state index contributed by atoms with van der Waals surface area (Å²) < 4.78 is 6.88.